The van der Waals surface area contributed by atoms with Crippen LogP contribution in [-0.2, 0) is 9.63 Å². The summed E-state index contributed by atoms with van der Waals surface area (Å²) in [5.74, 6) is -0.533. The van der Waals surface area contributed by atoms with Crippen LogP contribution in [-0.4, -0.2) is 48.5 Å². The molecule has 3 rings (SSSR count). The minimum absolute atomic E-state index is 0.199. The first-order chi connectivity index (χ1) is 10.9. The van der Waals surface area contributed by atoms with Gasteiger partial charge < -0.3 is 0 Å². The Labute approximate surface area is 132 Å². The molecule has 2 heterocycles. The fourth-order valence-electron chi connectivity index (χ4n) is 3.32. The van der Waals surface area contributed by atoms with Crippen molar-refractivity contribution in [1.82, 2.24) is 9.96 Å². The highest BCUT2D eigenvalue weighted by atomic mass is 19.3. The van der Waals surface area contributed by atoms with Gasteiger partial charge in [-0.3, -0.25) is 14.5 Å². The lowest BCUT2D eigenvalue weighted by Gasteiger charge is -2.48. The molecule has 0 unspecified atom stereocenters. The van der Waals surface area contributed by atoms with Crippen LogP contribution < -0.4 is 0 Å². The van der Waals surface area contributed by atoms with E-state index in [0.717, 1.165) is 5.56 Å². The zero-order chi connectivity index (χ0) is 16.6. The maximum atomic E-state index is 13.1. The van der Waals surface area contributed by atoms with E-state index in [0.29, 0.717) is 26.1 Å². The van der Waals surface area contributed by atoms with Gasteiger partial charge in [0.25, 0.3) is 12.3 Å². The second kappa shape index (κ2) is 6.13. The molecule has 0 spiro atoms. The van der Waals surface area contributed by atoms with E-state index < -0.39 is 11.8 Å². The Morgan fingerprint density at radius 2 is 2.00 bits per heavy atom. The van der Waals surface area contributed by atoms with Crippen LogP contribution in [0.2, 0.25) is 0 Å². The number of hydroxylamine groups is 2. The van der Waals surface area contributed by atoms with Gasteiger partial charge >= 0.3 is 0 Å². The van der Waals surface area contributed by atoms with Crippen LogP contribution >= 0.6 is 0 Å². The van der Waals surface area contributed by atoms with Gasteiger partial charge in [0, 0.05) is 19.5 Å². The molecule has 2 aliphatic rings. The highest BCUT2D eigenvalue weighted by Crippen LogP contribution is 2.38. The predicted molar refractivity (Wildman–Crippen MR) is 77.1 cm³/mol. The first-order valence-electron chi connectivity index (χ1n) is 7.61. The van der Waals surface area contributed by atoms with Crippen molar-refractivity contribution in [3.8, 4) is 0 Å². The second-order valence-electron chi connectivity index (χ2n) is 6.44. The maximum absolute atomic E-state index is 13.1. The Hall–Kier alpha value is -1.60. The summed E-state index contributed by atoms with van der Waals surface area (Å²) in [6.45, 7) is 2.45. The molecule has 2 saturated heterocycles. The number of benzene rings is 1. The Morgan fingerprint density at radius 1 is 1.35 bits per heavy atom. The second-order valence-corrected chi connectivity index (χ2v) is 6.44. The van der Waals surface area contributed by atoms with E-state index in [9.17, 15) is 18.0 Å². The standard InChI is InChI=1S/C16H19F3N2O2/c1-16(9-20(10-16)8-14(18)19)15(22)21-13(6-7-23-21)11-2-4-12(17)5-3-11/h2-5,13-14H,6-10H2,1H3/t13-/m0/s1. The van der Waals surface area contributed by atoms with Crippen LogP contribution in [0.25, 0.3) is 0 Å². The number of carbonyl (C=O) groups excluding carboxylic acids is 1. The Bertz CT molecular complexity index is 573. The van der Waals surface area contributed by atoms with Crippen LogP contribution in [0.3, 0.4) is 0 Å². The van der Waals surface area contributed by atoms with Crippen LogP contribution in [0, 0.1) is 11.2 Å². The Kier molecular flexibility index (Phi) is 4.33. The molecule has 1 amide bonds. The molecular weight excluding hydrogens is 309 g/mol. The minimum atomic E-state index is -2.40. The molecule has 126 valence electrons. The smallest absolute Gasteiger partial charge is 0.255 e. The van der Waals surface area contributed by atoms with Crippen LogP contribution in [0.5, 0.6) is 0 Å². The van der Waals surface area contributed by atoms with Crippen molar-refractivity contribution < 1.29 is 22.8 Å². The van der Waals surface area contributed by atoms with Gasteiger partial charge in [-0.1, -0.05) is 12.1 Å². The van der Waals surface area contributed by atoms with Gasteiger partial charge in [-0.05, 0) is 24.6 Å². The molecule has 4 nitrogen and oxygen atoms in total. The predicted octanol–water partition coefficient (Wildman–Crippen LogP) is 2.62. The van der Waals surface area contributed by atoms with E-state index >= 15 is 0 Å². The summed E-state index contributed by atoms with van der Waals surface area (Å²) in [4.78, 5) is 19.8. The third kappa shape index (κ3) is 3.21. The molecule has 0 N–H and O–H groups in total. The van der Waals surface area contributed by atoms with Crippen molar-refractivity contribution in [2.45, 2.75) is 25.8 Å². The van der Waals surface area contributed by atoms with Gasteiger partial charge in [0.2, 0.25) is 0 Å². The molecule has 7 heteroatoms. The molecule has 0 aliphatic carbocycles. The molecule has 2 fully saturated rings. The SMILES string of the molecule is CC1(C(=O)N2OCC[C@H]2c2ccc(F)cc2)CN(CC(F)F)C1. The third-order valence-electron chi connectivity index (χ3n) is 4.42. The molecule has 23 heavy (non-hydrogen) atoms. The summed E-state index contributed by atoms with van der Waals surface area (Å²) in [6, 6.07) is 5.73. The number of rotatable bonds is 4. The maximum Gasteiger partial charge on any atom is 0.255 e. The number of nitrogens with zero attached hydrogens (tertiary/aromatic N) is 2. The molecule has 1 aromatic carbocycles. The number of hydrogen-bond acceptors (Lipinski definition) is 3. The molecule has 0 saturated carbocycles. The zero-order valence-corrected chi connectivity index (χ0v) is 12.8. The van der Waals surface area contributed by atoms with Crippen molar-refractivity contribution in [3.63, 3.8) is 0 Å². The van der Waals surface area contributed by atoms with Crippen LogP contribution in [0.15, 0.2) is 24.3 Å². The Balaban J connectivity index is 1.68. The van der Waals surface area contributed by atoms with E-state index in [1.165, 1.54) is 17.2 Å². The first kappa shape index (κ1) is 16.3. The fourth-order valence-corrected chi connectivity index (χ4v) is 3.32. The Morgan fingerprint density at radius 3 is 2.61 bits per heavy atom. The number of hydrogen-bond donors (Lipinski definition) is 0. The van der Waals surface area contributed by atoms with E-state index in [1.807, 2.05) is 0 Å². The molecule has 2 aliphatic heterocycles. The molecule has 1 aromatic rings. The van der Waals surface area contributed by atoms with E-state index in [-0.39, 0.29) is 24.3 Å². The normalized spacial score (nSPS) is 24.0. The molecule has 0 bridgehead atoms. The lowest BCUT2D eigenvalue weighted by atomic mass is 9.80. The van der Waals surface area contributed by atoms with Crippen LogP contribution in [0.1, 0.15) is 24.9 Å². The summed E-state index contributed by atoms with van der Waals surface area (Å²) in [7, 11) is 0. The summed E-state index contributed by atoms with van der Waals surface area (Å²) >= 11 is 0. The monoisotopic (exact) mass is 328 g/mol. The van der Waals surface area contributed by atoms with Gasteiger partial charge in [0.15, 0.2) is 0 Å². The van der Waals surface area contributed by atoms with Crippen LogP contribution in [0.4, 0.5) is 13.2 Å². The van der Waals surface area contributed by atoms with Gasteiger partial charge in [-0.2, -0.15) is 0 Å². The highest BCUT2D eigenvalue weighted by molar-refractivity contribution is 5.83. The van der Waals surface area contributed by atoms with Gasteiger partial charge in [-0.15, -0.1) is 0 Å². The third-order valence-corrected chi connectivity index (χ3v) is 4.42. The number of halogens is 3. The van der Waals surface area contributed by atoms with Gasteiger partial charge in [0.05, 0.1) is 24.6 Å². The van der Waals surface area contributed by atoms with Gasteiger partial charge in [-0.25, -0.2) is 18.2 Å². The first-order valence-corrected chi connectivity index (χ1v) is 7.61. The fraction of sp³-hybridized carbons (Fsp3) is 0.562. The average molecular weight is 328 g/mol. The van der Waals surface area contributed by atoms with Crippen molar-refractivity contribution >= 4 is 5.91 Å². The van der Waals surface area contributed by atoms with Crippen molar-refractivity contribution in [2.75, 3.05) is 26.2 Å². The zero-order valence-electron chi connectivity index (χ0n) is 12.8. The number of alkyl halides is 2. The summed E-state index contributed by atoms with van der Waals surface area (Å²) in [5.41, 5.74) is 0.0990. The van der Waals surface area contributed by atoms with Crippen molar-refractivity contribution in [1.29, 1.82) is 0 Å². The number of amides is 1. The van der Waals surface area contributed by atoms with Crippen molar-refractivity contribution in [3.05, 3.63) is 35.6 Å². The summed E-state index contributed by atoms with van der Waals surface area (Å²) in [5, 5.41) is 1.34. The summed E-state index contributed by atoms with van der Waals surface area (Å²) in [6.07, 6.45) is -1.77. The number of carbonyl (C=O) groups is 1. The molecule has 1 atom stereocenters. The lowest BCUT2D eigenvalue weighted by Crippen LogP contribution is -2.62. The quantitative estimate of drug-likeness (QED) is 0.852. The van der Waals surface area contributed by atoms with Gasteiger partial charge in [0.1, 0.15) is 5.82 Å². The molecule has 0 radical (unpaired) electrons. The van der Waals surface area contributed by atoms with Crippen molar-refractivity contribution in [2.24, 2.45) is 5.41 Å². The van der Waals surface area contributed by atoms with E-state index in [2.05, 4.69) is 0 Å². The average Bonchev–Trinajstić information content (AvgIpc) is 2.94. The number of likely N-dealkylation sites (tertiary alicyclic amines) is 1. The molecule has 0 aromatic heterocycles. The highest BCUT2D eigenvalue weighted by Gasteiger charge is 2.50. The van der Waals surface area contributed by atoms with E-state index in [4.69, 9.17) is 4.84 Å². The minimum Gasteiger partial charge on any atom is -0.296 e. The largest absolute Gasteiger partial charge is 0.296 e. The topological polar surface area (TPSA) is 32.8 Å². The lowest BCUT2D eigenvalue weighted by molar-refractivity contribution is -0.197. The summed E-state index contributed by atoms with van der Waals surface area (Å²) < 4.78 is 37.8. The van der Waals surface area contributed by atoms with E-state index in [1.54, 1.807) is 24.0 Å². The molecular formula is C16H19F3N2O2.